The van der Waals surface area contributed by atoms with Gasteiger partial charge in [0.25, 0.3) is 0 Å². The quantitative estimate of drug-likeness (QED) is 0.664. The van der Waals surface area contributed by atoms with Crippen molar-refractivity contribution in [3.05, 3.63) is 30.1 Å². The van der Waals surface area contributed by atoms with E-state index in [0.717, 1.165) is 26.3 Å². The molecule has 0 spiro atoms. The van der Waals surface area contributed by atoms with Crippen molar-refractivity contribution in [2.75, 3.05) is 32.8 Å². The maximum absolute atomic E-state index is 5.16. The zero-order valence-corrected chi connectivity index (χ0v) is 8.86. The molecule has 1 saturated heterocycles. The Bertz CT molecular complexity index is 185. The molecule has 0 N–H and O–H groups in total. The van der Waals surface area contributed by atoms with Gasteiger partial charge in [-0.3, -0.25) is 4.90 Å². The molecule has 76 valence electrons. The van der Waals surface area contributed by atoms with Gasteiger partial charge in [-0.25, -0.2) is 0 Å². The van der Waals surface area contributed by atoms with Crippen LogP contribution in [0.15, 0.2) is 30.1 Å². The number of morpholine rings is 1. The molecule has 2 nitrogen and oxygen atoms in total. The number of likely N-dealkylation sites (N-methyl/N-ethyl adjacent to an activating group) is 1. The summed E-state index contributed by atoms with van der Waals surface area (Å²) in [6, 6.07) is 6.00. The zero-order valence-electron chi connectivity index (χ0n) is 8.86. The molecule has 0 amide bonds. The van der Waals surface area contributed by atoms with Crippen molar-refractivity contribution in [3.63, 3.8) is 0 Å². The summed E-state index contributed by atoms with van der Waals surface area (Å²) < 4.78 is 5.16. The van der Waals surface area contributed by atoms with E-state index >= 15 is 0 Å². The predicted molar refractivity (Wildman–Crippen MR) is 60.7 cm³/mol. The molecule has 1 aromatic rings. The third-order valence-corrected chi connectivity index (χ3v) is 2.22. The summed E-state index contributed by atoms with van der Waals surface area (Å²) in [6.45, 7) is 9.45. The molecule has 0 aliphatic carbocycles. The molecule has 1 aliphatic heterocycles. The molecule has 0 aromatic carbocycles. The van der Waals surface area contributed by atoms with E-state index in [-0.39, 0.29) is 0 Å². The van der Waals surface area contributed by atoms with Gasteiger partial charge >= 0.3 is 37.0 Å². The Balaban J connectivity index is 0.000000146. The van der Waals surface area contributed by atoms with Crippen LogP contribution in [-0.2, 0) is 4.74 Å². The zero-order chi connectivity index (χ0) is 10.1. The molecular weight excluding hydrogens is 173 g/mol. The molecule has 0 atom stereocenters. The Morgan fingerprint density at radius 1 is 1.14 bits per heavy atom. The standard InChI is InChI=1S/C6H13NO.C5H5B/c1-2-7-3-5-8-6-4-7;1-2-4-6-5-3-1/h2-6H2,1H3;1-5H. The normalized spacial score (nSPS) is 16.6. The number of rotatable bonds is 1. The summed E-state index contributed by atoms with van der Waals surface area (Å²) in [5.41, 5.74) is 0. The Labute approximate surface area is 87.1 Å². The minimum atomic E-state index is 0.924. The van der Waals surface area contributed by atoms with Crippen LogP contribution in [0.3, 0.4) is 0 Å². The fourth-order valence-electron chi connectivity index (χ4n) is 1.30. The topological polar surface area (TPSA) is 12.5 Å². The number of hydrogen-bond acceptors (Lipinski definition) is 2. The first-order chi connectivity index (χ1) is 6.93. The fraction of sp³-hybridized carbons (Fsp3) is 0.545. The molecule has 0 bridgehead atoms. The number of nitrogens with zero attached hydrogens (tertiary/aromatic N) is 1. The second-order valence-corrected chi connectivity index (χ2v) is 3.20. The van der Waals surface area contributed by atoms with Gasteiger partial charge in [0.15, 0.2) is 0 Å². The molecular formula is C11H18BNO. The van der Waals surface area contributed by atoms with Gasteiger partial charge in [-0.2, -0.15) is 0 Å². The van der Waals surface area contributed by atoms with Crippen molar-refractivity contribution < 1.29 is 4.74 Å². The Kier molecular flexibility index (Phi) is 6.29. The third kappa shape index (κ3) is 5.15. The monoisotopic (exact) mass is 191 g/mol. The van der Waals surface area contributed by atoms with Crippen LogP contribution >= 0.6 is 0 Å². The molecule has 3 heteroatoms. The van der Waals surface area contributed by atoms with E-state index < -0.39 is 0 Å². The first kappa shape index (κ1) is 11.4. The Morgan fingerprint density at radius 3 is 2.07 bits per heavy atom. The van der Waals surface area contributed by atoms with Crippen LogP contribution in [0.25, 0.3) is 0 Å². The fourth-order valence-corrected chi connectivity index (χ4v) is 1.30. The van der Waals surface area contributed by atoms with E-state index in [0.29, 0.717) is 0 Å². The van der Waals surface area contributed by atoms with Crippen LogP contribution in [0.5, 0.6) is 0 Å². The molecule has 1 aromatic heterocycles. The van der Waals surface area contributed by atoms with Gasteiger partial charge in [0.1, 0.15) is 0 Å². The molecule has 2 heterocycles. The van der Waals surface area contributed by atoms with E-state index in [1.165, 1.54) is 6.54 Å². The Morgan fingerprint density at radius 2 is 1.79 bits per heavy atom. The van der Waals surface area contributed by atoms with Crippen molar-refractivity contribution >= 4 is 6.91 Å². The van der Waals surface area contributed by atoms with E-state index in [4.69, 9.17) is 4.74 Å². The molecule has 14 heavy (non-hydrogen) atoms. The van der Waals surface area contributed by atoms with Crippen molar-refractivity contribution in [2.24, 2.45) is 0 Å². The summed E-state index contributed by atoms with van der Waals surface area (Å²) in [5.74, 6) is 4.00. The summed E-state index contributed by atoms with van der Waals surface area (Å²) in [5, 5.41) is 0. The van der Waals surface area contributed by atoms with Crippen LogP contribution in [0.4, 0.5) is 0 Å². The minimum absolute atomic E-state index is 0.924. The van der Waals surface area contributed by atoms with Gasteiger partial charge in [0.05, 0.1) is 13.2 Å². The molecule has 1 aliphatic rings. The van der Waals surface area contributed by atoms with Crippen LogP contribution < -0.4 is 0 Å². The second-order valence-electron chi connectivity index (χ2n) is 3.20. The van der Waals surface area contributed by atoms with E-state index in [9.17, 15) is 0 Å². The van der Waals surface area contributed by atoms with Gasteiger partial charge in [0, 0.05) is 13.1 Å². The van der Waals surface area contributed by atoms with Crippen molar-refractivity contribution in [1.29, 1.82) is 0 Å². The number of ether oxygens (including phenoxy) is 1. The molecule has 2 rings (SSSR count). The molecule has 0 saturated carbocycles. The van der Waals surface area contributed by atoms with E-state index in [1.54, 1.807) is 0 Å². The molecule has 0 radical (unpaired) electrons. The van der Waals surface area contributed by atoms with Crippen LogP contribution in [0.2, 0.25) is 0 Å². The first-order valence-corrected chi connectivity index (χ1v) is 5.23. The molecule has 1 fully saturated rings. The predicted octanol–water partition coefficient (Wildman–Crippen LogP) is 1.36. The van der Waals surface area contributed by atoms with Crippen molar-refractivity contribution in [1.82, 2.24) is 4.90 Å². The van der Waals surface area contributed by atoms with Gasteiger partial charge in [-0.15, -0.1) is 0 Å². The third-order valence-electron chi connectivity index (χ3n) is 2.22. The summed E-state index contributed by atoms with van der Waals surface area (Å²) in [4.78, 5) is 2.39. The van der Waals surface area contributed by atoms with Gasteiger partial charge < -0.3 is 4.74 Å². The summed E-state index contributed by atoms with van der Waals surface area (Å²) in [6.07, 6.45) is 0. The van der Waals surface area contributed by atoms with Gasteiger partial charge in [-0.05, 0) is 6.54 Å². The average Bonchev–Trinajstić information content (AvgIpc) is 2.33. The van der Waals surface area contributed by atoms with Gasteiger partial charge in [0.2, 0.25) is 0 Å². The van der Waals surface area contributed by atoms with E-state index in [1.807, 2.05) is 37.0 Å². The first-order valence-electron chi connectivity index (χ1n) is 5.23. The summed E-state index contributed by atoms with van der Waals surface area (Å²) >= 11 is 0. The van der Waals surface area contributed by atoms with Crippen LogP contribution in [0, 0.1) is 0 Å². The van der Waals surface area contributed by atoms with Crippen molar-refractivity contribution in [3.8, 4) is 0 Å². The SMILES string of the molecule is CCN1CCOCC1.b1ccccc1. The van der Waals surface area contributed by atoms with Crippen LogP contribution in [0.1, 0.15) is 6.92 Å². The van der Waals surface area contributed by atoms with Crippen molar-refractivity contribution in [2.45, 2.75) is 6.92 Å². The second kappa shape index (κ2) is 7.71. The molecule has 0 unspecified atom stereocenters. The van der Waals surface area contributed by atoms with E-state index in [2.05, 4.69) is 11.8 Å². The summed E-state index contributed by atoms with van der Waals surface area (Å²) in [7, 11) is 0. The average molecular weight is 191 g/mol. The Hall–Kier alpha value is -0.665. The van der Waals surface area contributed by atoms with Gasteiger partial charge in [-0.1, -0.05) is 6.92 Å². The number of hydrogen-bond donors (Lipinski definition) is 0. The van der Waals surface area contributed by atoms with Crippen LogP contribution in [-0.4, -0.2) is 44.7 Å². The maximum atomic E-state index is 5.16.